The molecule has 0 aliphatic heterocycles. The molecule has 1 amide bonds. The number of ether oxygens (including phenoxy) is 1. The molecule has 0 unspecified atom stereocenters. The molecule has 134 valence electrons. The van der Waals surface area contributed by atoms with Gasteiger partial charge >= 0.3 is 0 Å². The van der Waals surface area contributed by atoms with E-state index in [1.807, 2.05) is 30.3 Å². The Bertz CT molecular complexity index is 830. The molecule has 1 heterocycles. The zero-order chi connectivity index (χ0) is 18.2. The minimum Gasteiger partial charge on any atom is -0.488 e. The zero-order valence-electron chi connectivity index (χ0n) is 13.8. The van der Waals surface area contributed by atoms with Crippen molar-refractivity contribution in [2.24, 2.45) is 0 Å². The predicted molar refractivity (Wildman–Crippen MR) is 96.3 cm³/mol. The molecule has 0 fully saturated rings. The summed E-state index contributed by atoms with van der Waals surface area (Å²) in [7, 11) is 0. The highest BCUT2D eigenvalue weighted by Crippen LogP contribution is 2.20. The molecule has 3 aromatic rings. The molecule has 0 saturated carbocycles. The molecule has 2 N–H and O–H groups in total. The minimum absolute atomic E-state index is 0.115. The number of nitrogens with one attached hydrogen (secondary N) is 2. The van der Waals surface area contributed by atoms with Crippen molar-refractivity contribution in [3.63, 3.8) is 0 Å². The number of hydrogen-bond donors (Lipinski definition) is 2. The first kappa shape index (κ1) is 17.9. The van der Waals surface area contributed by atoms with Crippen molar-refractivity contribution in [2.75, 3.05) is 12.4 Å². The molecule has 0 radical (unpaired) electrons. The van der Waals surface area contributed by atoms with Crippen molar-refractivity contribution < 1.29 is 13.9 Å². The molecule has 8 heteroatoms. The van der Waals surface area contributed by atoms with Gasteiger partial charge in [0, 0.05) is 0 Å². The SMILES string of the molecule is O=C(CSc1ncn[nH]1)N[C@H](COc1ccccc1F)c1ccccc1. The maximum atomic E-state index is 13.8. The normalized spacial score (nSPS) is 11.7. The van der Waals surface area contributed by atoms with E-state index >= 15 is 0 Å². The minimum atomic E-state index is -0.438. The summed E-state index contributed by atoms with van der Waals surface area (Å²) in [5, 5.41) is 9.91. The lowest BCUT2D eigenvalue weighted by molar-refractivity contribution is -0.119. The van der Waals surface area contributed by atoms with Gasteiger partial charge in [0.1, 0.15) is 12.9 Å². The zero-order valence-corrected chi connectivity index (χ0v) is 14.6. The number of nitrogens with zero attached hydrogens (tertiary/aromatic N) is 2. The van der Waals surface area contributed by atoms with Gasteiger partial charge in [0.15, 0.2) is 16.7 Å². The summed E-state index contributed by atoms with van der Waals surface area (Å²) in [6.07, 6.45) is 1.38. The third-order valence-corrected chi connectivity index (χ3v) is 4.39. The van der Waals surface area contributed by atoms with E-state index in [0.717, 1.165) is 5.56 Å². The first-order valence-electron chi connectivity index (χ1n) is 7.92. The van der Waals surface area contributed by atoms with Gasteiger partial charge in [0.05, 0.1) is 11.8 Å². The average molecular weight is 372 g/mol. The largest absolute Gasteiger partial charge is 0.488 e. The summed E-state index contributed by atoms with van der Waals surface area (Å²) >= 11 is 1.25. The van der Waals surface area contributed by atoms with E-state index < -0.39 is 11.9 Å². The topological polar surface area (TPSA) is 79.9 Å². The van der Waals surface area contributed by atoms with Gasteiger partial charge in [-0.05, 0) is 17.7 Å². The third-order valence-electron chi connectivity index (χ3n) is 3.51. The molecular weight excluding hydrogens is 355 g/mol. The Morgan fingerprint density at radius 1 is 1.19 bits per heavy atom. The lowest BCUT2D eigenvalue weighted by Gasteiger charge is -2.20. The molecule has 1 aromatic heterocycles. The van der Waals surface area contributed by atoms with Crippen LogP contribution in [0.15, 0.2) is 66.1 Å². The van der Waals surface area contributed by atoms with Crippen molar-refractivity contribution in [1.82, 2.24) is 20.5 Å². The molecule has 0 spiro atoms. The highest BCUT2D eigenvalue weighted by atomic mass is 32.2. The van der Waals surface area contributed by atoms with Crippen LogP contribution in [0.25, 0.3) is 0 Å². The van der Waals surface area contributed by atoms with Crippen molar-refractivity contribution in [2.45, 2.75) is 11.2 Å². The Kier molecular flexibility index (Phi) is 6.21. The van der Waals surface area contributed by atoms with Gasteiger partial charge in [-0.1, -0.05) is 54.2 Å². The summed E-state index contributed by atoms with van der Waals surface area (Å²) in [6.45, 7) is 0.115. The van der Waals surface area contributed by atoms with Crippen LogP contribution in [0.3, 0.4) is 0 Å². The number of carbonyl (C=O) groups is 1. The molecular formula is C18H17FN4O2S. The van der Waals surface area contributed by atoms with Crippen LogP contribution in [0.5, 0.6) is 5.75 Å². The Balaban J connectivity index is 1.63. The molecule has 0 aliphatic carbocycles. The maximum absolute atomic E-state index is 13.8. The summed E-state index contributed by atoms with van der Waals surface area (Å²) in [5.74, 6) is -0.291. The Morgan fingerprint density at radius 3 is 2.69 bits per heavy atom. The van der Waals surface area contributed by atoms with Gasteiger partial charge in [0.2, 0.25) is 5.91 Å². The number of aromatic amines is 1. The molecule has 0 aliphatic rings. The molecule has 2 aromatic carbocycles. The Labute approximate surface area is 154 Å². The summed E-state index contributed by atoms with van der Waals surface area (Å²) < 4.78 is 19.3. The predicted octanol–water partition coefficient (Wildman–Crippen LogP) is 2.97. The van der Waals surface area contributed by atoms with E-state index in [4.69, 9.17) is 4.74 Å². The first-order chi connectivity index (χ1) is 12.7. The number of H-pyrrole nitrogens is 1. The monoisotopic (exact) mass is 372 g/mol. The number of halogens is 1. The van der Waals surface area contributed by atoms with E-state index in [1.165, 1.54) is 24.2 Å². The number of benzene rings is 2. The van der Waals surface area contributed by atoms with Gasteiger partial charge in [-0.25, -0.2) is 9.37 Å². The molecule has 6 nitrogen and oxygen atoms in total. The van der Waals surface area contributed by atoms with E-state index in [1.54, 1.807) is 18.2 Å². The molecule has 1 atom stereocenters. The van der Waals surface area contributed by atoms with Gasteiger partial charge < -0.3 is 10.1 Å². The van der Waals surface area contributed by atoms with Crippen LogP contribution < -0.4 is 10.1 Å². The fourth-order valence-corrected chi connectivity index (χ4v) is 2.87. The number of aromatic nitrogens is 3. The molecule has 26 heavy (non-hydrogen) atoms. The Morgan fingerprint density at radius 2 is 1.96 bits per heavy atom. The Hall–Kier alpha value is -2.87. The van der Waals surface area contributed by atoms with Crippen LogP contribution in [0, 0.1) is 5.82 Å². The number of para-hydroxylation sites is 1. The lowest BCUT2D eigenvalue weighted by Crippen LogP contribution is -2.33. The smallest absolute Gasteiger partial charge is 0.231 e. The van der Waals surface area contributed by atoms with Gasteiger partial charge in [0.25, 0.3) is 0 Å². The van der Waals surface area contributed by atoms with Crippen LogP contribution in [0.4, 0.5) is 4.39 Å². The average Bonchev–Trinajstić information content (AvgIpc) is 3.19. The van der Waals surface area contributed by atoms with Gasteiger partial charge in [-0.2, -0.15) is 5.10 Å². The van der Waals surface area contributed by atoms with Gasteiger partial charge in [-0.3, -0.25) is 9.89 Å². The van der Waals surface area contributed by atoms with Gasteiger partial charge in [-0.15, -0.1) is 0 Å². The fourth-order valence-electron chi connectivity index (χ4n) is 2.28. The van der Waals surface area contributed by atoms with Crippen molar-refractivity contribution in [3.05, 3.63) is 72.3 Å². The molecule has 0 saturated heterocycles. The van der Waals surface area contributed by atoms with Crippen LogP contribution >= 0.6 is 11.8 Å². The second-order valence-corrected chi connectivity index (χ2v) is 6.32. The van der Waals surface area contributed by atoms with E-state index in [-0.39, 0.29) is 24.0 Å². The number of rotatable bonds is 8. The lowest BCUT2D eigenvalue weighted by atomic mass is 10.1. The number of hydrogen-bond acceptors (Lipinski definition) is 5. The summed E-state index contributed by atoms with van der Waals surface area (Å²) in [6, 6.07) is 15.2. The highest BCUT2D eigenvalue weighted by Gasteiger charge is 2.17. The fraction of sp³-hybridized carbons (Fsp3) is 0.167. The standard InChI is InChI=1S/C18H17FN4O2S/c19-14-8-4-5-9-16(14)25-10-15(13-6-2-1-3-7-13)22-17(24)11-26-18-20-12-21-23-18/h1-9,12,15H,10-11H2,(H,22,24)(H,20,21,23)/t15-/m1/s1. The number of carbonyl (C=O) groups excluding carboxylic acids is 1. The summed E-state index contributed by atoms with van der Waals surface area (Å²) in [5.41, 5.74) is 0.877. The second kappa shape index (κ2) is 9.00. The van der Waals surface area contributed by atoms with E-state index in [0.29, 0.717) is 5.16 Å². The van der Waals surface area contributed by atoms with Crippen molar-refractivity contribution >= 4 is 17.7 Å². The highest BCUT2D eigenvalue weighted by molar-refractivity contribution is 7.99. The van der Waals surface area contributed by atoms with Crippen LogP contribution in [-0.4, -0.2) is 33.4 Å². The molecule has 0 bridgehead atoms. The molecule has 3 rings (SSSR count). The quantitative estimate of drug-likeness (QED) is 0.594. The van der Waals surface area contributed by atoms with E-state index in [9.17, 15) is 9.18 Å². The van der Waals surface area contributed by atoms with Crippen LogP contribution in [-0.2, 0) is 4.79 Å². The van der Waals surface area contributed by atoms with E-state index in [2.05, 4.69) is 20.5 Å². The summed E-state index contributed by atoms with van der Waals surface area (Å²) in [4.78, 5) is 16.2. The van der Waals surface area contributed by atoms with Crippen molar-refractivity contribution in [3.8, 4) is 5.75 Å². The second-order valence-electron chi connectivity index (χ2n) is 5.35. The van der Waals surface area contributed by atoms with Crippen LogP contribution in [0.2, 0.25) is 0 Å². The first-order valence-corrected chi connectivity index (χ1v) is 8.91. The third kappa shape index (κ3) is 5.06. The van der Waals surface area contributed by atoms with Crippen molar-refractivity contribution in [1.29, 1.82) is 0 Å². The van der Waals surface area contributed by atoms with Crippen LogP contribution in [0.1, 0.15) is 11.6 Å². The number of thioether (sulfide) groups is 1. The number of amides is 1. The maximum Gasteiger partial charge on any atom is 0.231 e.